The van der Waals surface area contributed by atoms with Crippen molar-refractivity contribution in [3.63, 3.8) is 0 Å². The summed E-state index contributed by atoms with van der Waals surface area (Å²) in [6.07, 6.45) is 4.13. The normalized spacial score (nSPS) is 14.3. The van der Waals surface area contributed by atoms with Crippen LogP contribution in [0.25, 0.3) is 0 Å². The van der Waals surface area contributed by atoms with Gasteiger partial charge in [-0.1, -0.05) is 6.08 Å². The summed E-state index contributed by atoms with van der Waals surface area (Å²) in [4.78, 5) is 12.5. The highest BCUT2D eigenvalue weighted by molar-refractivity contribution is 7.18. The fourth-order valence-electron chi connectivity index (χ4n) is 1.94. The van der Waals surface area contributed by atoms with Crippen LogP contribution in [0.3, 0.4) is 0 Å². The lowest BCUT2D eigenvalue weighted by molar-refractivity contribution is 0.0960. The van der Waals surface area contributed by atoms with E-state index in [1.165, 1.54) is 24.2 Å². The van der Waals surface area contributed by atoms with Gasteiger partial charge in [-0.2, -0.15) is 0 Å². The molecule has 18 heavy (non-hydrogen) atoms. The molecule has 5 heteroatoms. The number of nitrogens with two attached hydrogens (primary N) is 1. The smallest absolute Gasteiger partial charge is 0.263 e. The SMILES string of the molecule is C=CCNc1sc(C(=O)NCC)c(N)c1C1CC1. The van der Waals surface area contributed by atoms with Crippen LogP contribution in [0.1, 0.15) is 40.9 Å². The molecule has 1 fully saturated rings. The van der Waals surface area contributed by atoms with Crippen molar-refractivity contribution in [1.82, 2.24) is 5.32 Å². The Morgan fingerprint density at radius 1 is 1.61 bits per heavy atom. The molecule has 4 N–H and O–H groups in total. The first kappa shape index (κ1) is 13.0. The molecule has 0 aromatic carbocycles. The number of carbonyl (C=O) groups is 1. The first-order valence-electron chi connectivity index (χ1n) is 6.24. The van der Waals surface area contributed by atoms with Gasteiger partial charge in [-0.3, -0.25) is 4.79 Å². The van der Waals surface area contributed by atoms with Crippen molar-refractivity contribution in [3.8, 4) is 0 Å². The molecule has 98 valence electrons. The molecule has 1 amide bonds. The van der Waals surface area contributed by atoms with Gasteiger partial charge in [0, 0.05) is 18.7 Å². The maximum absolute atomic E-state index is 11.9. The number of thiophene rings is 1. The average Bonchev–Trinajstić information content (AvgIpc) is 3.12. The number of rotatable bonds is 6. The zero-order chi connectivity index (χ0) is 13.1. The Hall–Kier alpha value is -1.49. The van der Waals surface area contributed by atoms with Gasteiger partial charge in [0.05, 0.1) is 10.7 Å². The zero-order valence-corrected chi connectivity index (χ0v) is 11.4. The lowest BCUT2D eigenvalue weighted by Crippen LogP contribution is -2.22. The summed E-state index contributed by atoms with van der Waals surface area (Å²) in [5.41, 5.74) is 7.91. The summed E-state index contributed by atoms with van der Waals surface area (Å²) in [5.74, 6) is 0.449. The summed E-state index contributed by atoms with van der Waals surface area (Å²) in [6, 6.07) is 0. The third kappa shape index (κ3) is 2.51. The van der Waals surface area contributed by atoms with Crippen LogP contribution in [0.5, 0.6) is 0 Å². The Balaban J connectivity index is 2.30. The number of anilines is 2. The van der Waals surface area contributed by atoms with Crippen molar-refractivity contribution in [3.05, 3.63) is 23.1 Å². The quantitative estimate of drug-likeness (QED) is 0.692. The van der Waals surface area contributed by atoms with E-state index in [0.29, 0.717) is 29.6 Å². The van der Waals surface area contributed by atoms with Gasteiger partial charge in [0.25, 0.3) is 5.91 Å². The summed E-state index contributed by atoms with van der Waals surface area (Å²) in [5, 5.41) is 7.11. The number of carbonyl (C=O) groups excluding carboxylic acids is 1. The molecule has 1 aliphatic rings. The molecule has 1 aromatic heterocycles. The third-order valence-corrected chi connectivity index (χ3v) is 4.10. The number of amides is 1. The lowest BCUT2D eigenvalue weighted by atomic mass is 10.1. The highest BCUT2D eigenvalue weighted by Gasteiger charge is 2.32. The minimum absolute atomic E-state index is 0.0754. The molecule has 0 atom stereocenters. The van der Waals surface area contributed by atoms with E-state index in [0.717, 1.165) is 10.6 Å². The predicted octanol–water partition coefficient (Wildman–Crippen LogP) is 2.56. The molecule has 0 unspecified atom stereocenters. The Kier molecular flexibility index (Phi) is 3.91. The van der Waals surface area contributed by atoms with E-state index in [-0.39, 0.29) is 5.91 Å². The van der Waals surface area contributed by atoms with Gasteiger partial charge in [-0.15, -0.1) is 17.9 Å². The van der Waals surface area contributed by atoms with Crippen molar-refractivity contribution in [2.45, 2.75) is 25.7 Å². The maximum atomic E-state index is 11.9. The molecular formula is C13H19N3OS. The average molecular weight is 265 g/mol. The zero-order valence-electron chi connectivity index (χ0n) is 10.6. The van der Waals surface area contributed by atoms with Crippen molar-refractivity contribution in [1.29, 1.82) is 0 Å². The fourth-order valence-corrected chi connectivity index (χ4v) is 3.07. The van der Waals surface area contributed by atoms with Gasteiger partial charge in [0.15, 0.2) is 0 Å². The standard InChI is InChI=1S/C13H19N3OS/c1-3-7-16-13-9(8-5-6-8)10(14)11(18-13)12(17)15-4-2/h3,8,16H,1,4-7,14H2,2H3,(H,15,17). The van der Waals surface area contributed by atoms with Gasteiger partial charge < -0.3 is 16.4 Å². The second-order valence-electron chi connectivity index (χ2n) is 4.39. The molecule has 0 saturated heterocycles. The molecule has 0 radical (unpaired) electrons. The Morgan fingerprint density at radius 2 is 2.33 bits per heavy atom. The molecule has 1 aliphatic carbocycles. The molecule has 1 aromatic rings. The highest BCUT2D eigenvalue weighted by atomic mass is 32.1. The highest BCUT2D eigenvalue weighted by Crippen LogP contribution is 2.50. The van der Waals surface area contributed by atoms with Crippen molar-refractivity contribution in [2.24, 2.45) is 0 Å². The molecule has 1 saturated carbocycles. The van der Waals surface area contributed by atoms with E-state index in [4.69, 9.17) is 5.73 Å². The fraction of sp³-hybridized carbons (Fsp3) is 0.462. The molecular weight excluding hydrogens is 246 g/mol. The summed E-state index contributed by atoms with van der Waals surface area (Å²) in [6.45, 7) is 6.90. The van der Waals surface area contributed by atoms with Crippen LogP contribution in [0.15, 0.2) is 12.7 Å². The summed E-state index contributed by atoms with van der Waals surface area (Å²) in [7, 11) is 0. The van der Waals surface area contributed by atoms with E-state index in [2.05, 4.69) is 17.2 Å². The van der Waals surface area contributed by atoms with Crippen LogP contribution in [0.4, 0.5) is 10.7 Å². The second-order valence-corrected chi connectivity index (χ2v) is 5.41. The summed E-state index contributed by atoms with van der Waals surface area (Å²) >= 11 is 1.45. The molecule has 0 bridgehead atoms. The minimum Gasteiger partial charge on any atom is -0.397 e. The maximum Gasteiger partial charge on any atom is 0.263 e. The van der Waals surface area contributed by atoms with E-state index in [9.17, 15) is 4.79 Å². The van der Waals surface area contributed by atoms with Gasteiger partial charge in [0.2, 0.25) is 0 Å². The largest absolute Gasteiger partial charge is 0.397 e. The first-order chi connectivity index (χ1) is 8.69. The van der Waals surface area contributed by atoms with E-state index >= 15 is 0 Å². The third-order valence-electron chi connectivity index (χ3n) is 2.92. The van der Waals surface area contributed by atoms with E-state index in [1.807, 2.05) is 6.92 Å². The van der Waals surface area contributed by atoms with Crippen LogP contribution in [0.2, 0.25) is 0 Å². The van der Waals surface area contributed by atoms with Crippen molar-refractivity contribution < 1.29 is 4.79 Å². The molecule has 0 spiro atoms. The van der Waals surface area contributed by atoms with Gasteiger partial charge in [-0.25, -0.2) is 0 Å². The summed E-state index contributed by atoms with van der Waals surface area (Å²) < 4.78 is 0. The number of nitrogens with one attached hydrogen (secondary N) is 2. The first-order valence-corrected chi connectivity index (χ1v) is 7.05. The molecule has 0 aliphatic heterocycles. The van der Waals surface area contributed by atoms with E-state index < -0.39 is 0 Å². The van der Waals surface area contributed by atoms with Gasteiger partial charge in [0.1, 0.15) is 4.88 Å². The van der Waals surface area contributed by atoms with Crippen LogP contribution < -0.4 is 16.4 Å². The van der Waals surface area contributed by atoms with Crippen LogP contribution >= 0.6 is 11.3 Å². The second kappa shape index (κ2) is 5.44. The molecule has 1 heterocycles. The lowest BCUT2D eigenvalue weighted by Gasteiger charge is -2.04. The number of nitrogen functional groups attached to an aromatic ring is 1. The Labute approximate surface area is 111 Å². The van der Waals surface area contributed by atoms with Crippen molar-refractivity contribution in [2.75, 3.05) is 24.1 Å². The van der Waals surface area contributed by atoms with Gasteiger partial charge in [-0.05, 0) is 25.7 Å². The number of hydrogen-bond acceptors (Lipinski definition) is 4. The van der Waals surface area contributed by atoms with Crippen molar-refractivity contribution >= 4 is 27.9 Å². The Morgan fingerprint density at radius 3 is 2.89 bits per heavy atom. The van der Waals surface area contributed by atoms with Crippen LogP contribution in [-0.2, 0) is 0 Å². The number of hydrogen-bond donors (Lipinski definition) is 3. The van der Waals surface area contributed by atoms with Gasteiger partial charge >= 0.3 is 0 Å². The molecule has 2 rings (SSSR count). The monoisotopic (exact) mass is 265 g/mol. The molecule has 4 nitrogen and oxygen atoms in total. The Bertz CT molecular complexity index is 463. The predicted molar refractivity (Wildman–Crippen MR) is 77.4 cm³/mol. The topological polar surface area (TPSA) is 67.2 Å². The minimum atomic E-state index is -0.0754. The van der Waals surface area contributed by atoms with Crippen LogP contribution in [-0.4, -0.2) is 19.0 Å². The van der Waals surface area contributed by atoms with Crippen LogP contribution in [0, 0.1) is 0 Å². The van der Waals surface area contributed by atoms with E-state index in [1.54, 1.807) is 6.08 Å².